The molecule has 1 fully saturated rings. The smallest absolute Gasteiger partial charge is 0.181 e. The van der Waals surface area contributed by atoms with E-state index in [2.05, 4.69) is 47.2 Å². The lowest BCUT2D eigenvalue weighted by Crippen LogP contribution is -2.29. The summed E-state index contributed by atoms with van der Waals surface area (Å²) in [4.78, 5) is 19.7. The topological polar surface area (TPSA) is 121 Å². The van der Waals surface area contributed by atoms with E-state index in [4.69, 9.17) is 0 Å². The van der Waals surface area contributed by atoms with Crippen LogP contribution in [0.3, 0.4) is 0 Å². The van der Waals surface area contributed by atoms with Crippen molar-refractivity contribution in [1.82, 2.24) is 35.0 Å². The summed E-state index contributed by atoms with van der Waals surface area (Å²) in [7, 11) is -3.18. The number of benzene rings is 1. The van der Waals surface area contributed by atoms with Gasteiger partial charge in [-0.2, -0.15) is 5.10 Å². The Morgan fingerprint density at radius 1 is 0.886 bits per heavy atom. The first-order valence-electron chi connectivity index (χ1n) is 14.8. The quantitative estimate of drug-likeness (QED) is 0.219. The van der Waals surface area contributed by atoms with Crippen LogP contribution in [0.15, 0.2) is 67.3 Å². The number of sulfone groups is 1. The van der Waals surface area contributed by atoms with Gasteiger partial charge in [0.2, 0.25) is 0 Å². The lowest BCUT2D eigenvalue weighted by Gasteiger charge is -2.26. The highest BCUT2D eigenvalue weighted by Gasteiger charge is 2.17. The molecule has 0 atom stereocenters. The van der Waals surface area contributed by atoms with Crippen LogP contribution in [0.4, 0.5) is 4.39 Å². The Kier molecular flexibility index (Phi) is 7.43. The number of hydrogen-bond acceptors (Lipinski definition) is 7. The van der Waals surface area contributed by atoms with Crippen molar-refractivity contribution in [2.45, 2.75) is 32.2 Å². The largest absolute Gasteiger partial charge is 0.353 e. The van der Waals surface area contributed by atoms with Crippen molar-refractivity contribution in [3.8, 4) is 33.8 Å². The van der Waals surface area contributed by atoms with Gasteiger partial charge >= 0.3 is 0 Å². The van der Waals surface area contributed by atoms with Gasteiger partial charge in [0.25, 0.3) is 0 Å². The van der Waals surface area contributed by atoms with Crippen molar-refractivity contribution in [3.05, 3.63) is 84.2 Å². The van der Waals surface area contributed by atoms with Gasteiger partial charge in [0, 0.05) is 70.6 Å². The molecular formula is C33H32FN7O2S. The Labute approximate surface area is 254 Å². The van der Waals surface area contributed by atoms with Gasteiger partial charge in [-0.3, -0.25) is 20.0 Å². The summed E-state index contributed by atoms with van der Waals surface area (Å²) >= 11 is 0. The maximum absolute atomic E-state index is 14.6. The number of aryl methyl sites for hydroxylation is 1. The minimum absolute atomic E-state index is 0.0520. The first kappa shape index (κ1) is 28.3. The van der Waals surface area contributed by atoms with Gasteiger partial charge in [-0.25, -0.2) is 17.8 Å². The molecule has 1 aromatic carbocycles. The van der Waals surface area contributed by atoms with Crippen molar-refractivity contribution in [1.29, 1.82) is 0 Å². The molecule has 224 valence electrons. The van der Waals surface area contributed by atoms with Gasteiger partial charge in [0.05, 0.1) is 22.8 Å². The minimum Gasteiger partial charge on any atom is -0.353 e. The summed E-state index contributed by atoms with van der Waals surface area (Å²) in [5.74, 6) is -0.489. The van der Waals surface area contributed by atoms with E-state index < -0.39 is 15.7 Å². The van der Waals surface area contributed by atoms with Crippen LogP contribution in [0, 0.1) is 5.82 Å². The molecule has 9 nitrogen and oxygen atoms in total. The highest BCUT2D eigenvalue weighted by molar-refractivity contribution is 7.90. The average molecular weight is 610 g/mol. The number of piperidine rings is 1. The molecule has 1 aliphatic heterocycles. The van der Waals surface area contributed by atoms with Crippen molar-refractivity contribution < 1.29 is 12.8 Å². The van der Waals surface area contributed by atoms with E-state index in [1.807, 2.05) is 30.7 Å². The molecule has 1 saturated heterocycles. The number of likely N-dealkylation sites (tertiary alicyclic amines) is 1. The molecular weight excluding hydrogens is 577 g/mol. The van der Waals surface area contributed by atoms with Gasteiger partial charge in [-0.05, 0) is 85.9 Å². The summed E-state index contributed by atoms with van der Waals surface area (Å²) in [6.07, 6.45) is 12.5. The zero-order chi connectivity index (χ0) is 30.3. The number of aromatic amines is 2. The van der Waals surface area contributed by atoms with Gasteiger partial charge in [-0.1, -0.05) is 6.42 Å². The second-order valence-corrected chi connectivity index (χ2v) is 13.9. The second kappa shape index (κ2) is 11.5. The van der Waals surface area contributed by atoms with Crippen molar-refractivity contribution in [2.75, 3.05) is 25.1 Å². The summed E-state index contributed by atoms with van der Waals surface area (Å²) < 4.78 is 38.0. The molecule has 0 aliphatic carbocycles. The zero-order valence-electron chi connectivity index (χ0n) is 24.3. The normalized spacial score (nSPS) is 14.5. The molecule has 0 spiro atoms. The molecule has 7 rings (SSSR count). The number of pyridine rings is 3. The van der Waals surface area contributed by atoms with Crippen LogP contribution < -0.4 is 0 Å². The number of hydrogen-bond donors (Lipinski definition) is 2. The number of H-pyrrole nitrogens is 2. The second-order valence-electron chi connectivity index (χ2n) is 11.6. The summed E-state index contributed by atoms with van der Waals surface area (Å²) in [5, 5.41) is 9.26. The van der Waals surface area contributed by atoms with Crippen LogP contribution in [0.2, 0.25) is 0 Å². The third-order valence-corrected chi connectivity index (χ3v) is 9.15. The number of halogens is 1. The SMILES string of the molecule is CS(=O)(=O)CCc1cc(F)cc(-c2nccc3[nH]c(-c4[nH]nc5ncc(-c6cncc(CN7CCCCC7)c6)cc45)cc23)c1. The Hall–Kier alpha value is -4.48. The van der Waals surface area contributed by atoms with Crippen LogP contribution in [0.25, 0.3) is 55.7 Å². The predicted octanol–water partition coefficient (Wildman–Crippen LogP) is 5.94. The van der Waals surface area contributed by atoms with Crippen LogP contribution in [-0.2, 0) is 22.8 Å². The molecule has 0 amide bonds. The molecule has 0 unspecified atom stereocenters. The molecule has 2 N–H and O–H groups in total. The Morgan fingerprint density at radius 2 is 1.70 bits per heavy atom. The van der Waals surface area contributed by atoms with Gasteiger partial charge in [0.1, 0.15) is 15.7 Å². The molecule has 11 heteroatoms. The summed E-state index contributed by atoms with van der Waals surface area (Å²) in [5.41, 5.74) is 7.92. The Bertz CT molecular complexity index is 2100. The van der Waals surface area contributed by atoms with Crippen molar-refractivity contribution in [2.24, 2.45) is 0 Å². The number of fused-ring (bicyclic) bond motifs is 2. The highest BCUT2D eigenvalue weighted by Crippen LogP contribution is 2.34. The van der Waals surface area contributed by atoms with E-state index >= 15 is 0 Å². The number of rotatable bonds is 8. The standard InChI is InChI=1S/C33H32FN7O2S/c1-44(42,43)10-6-21-11-23(14-26(34)13-21)31-27-16-30(38-29(27)5-7-36-31)32-28-15-25(19-37-33(28)40-39-32)24-12-22(17-35-18-24)20-41-8-3-2-4-9-41/h5,7,11-19,38H,2-4,6,8-10,20H2,1H3,(H,37,39,40). The monoisotopic (exact) mass is 609 g/mol. The third-order valence-electron chi connectivity index (χ3n) is 8.20. The molecule has 1 aliphatic rings. The van der Waals surface area contributed by atoms with Gasteiger partial charge < -0.3 is 4.98 Å². The molecule has 44 heavy (non-hydrogen) atoms. The lowest BCUT2D eigenvalue weighted by atomic mass is 10.0. The van der Waals surface area contributed by atoms with E-state index in [-0.39, 0.29) is 12.2 Å². The van der Waals surface area contributed by atoms with Crippen LogP contribution in [0.5, 0.6) is 0 Å². The molecule has 6 aromatic rings. The fourth-order valence-corrected chi connectivity index (χ4v) is 6.63. The van der Waals surface area contributed by atoms with Gasteiger partial charge in [-0.15, -0.1) is 0 Å². The first-order valence-corrected chi connectivity index (χ1v) is 16.8. The summed E-state index contributed by atoms with van der Waals surface area (Å²) in [6, 6.07) is 12.7. The van der Waals surface area contributed by atoms with E-state index in [0.29, 0.717) is 22.5 Å². The predicted molar refractivity (Wildman–Crippen MR) is 170 cm³/mol. The Morgan fingerprint density at radius 3 is 2.55 bits per heavy atom. The van der Waals surface area contributed by atoms with Crippen molar-refractivity contribution >= 4 is 31.8 Å². The fraction of sp³-hybridized carbons (Fsp3) is 0.273. The van der Waals surface area contributed by atoms with E-state index in [0.717, 1.165) is 58.4 Å². The first-order chi connectivity index (χ1) is 21.3. The maximum atomic E-state index is 14.6. The van der Waals surface area contributed by atoms with E-state index in [1.165, 1.54) is 43.2 Å². The summed E-state index contributed by atoms with van der Waals surface area (Å²) in [6.45, 7) is 3.15. The molecule has 0 bridgehead atoms. The third kappa shape index (κ3) is 5.97. The molecule has 5 aromatic heterocycles. The lowest BCUT2D eigenvalue weighted by molar-refractivity contribution is 0.220. The van der Waals surface area contributed by atoms with Gasteiger partial charge in [0.15, 0.2) is 5.65 Å². The maximum Gasteiger partial charge on any atom is 0.181 e. The fourth-order valence-electron chi connectivity index (χ4n) is 6.02. The molecule has 6 heterocycles. The van der Waals surface area contributed by atoms with Crippen LogP contribution in [-0.4, -0.2) is 68.5 Å². The van der Waals surface area contributed by atoms with Crippen LogP contribution in [0.1, 0.15) is 30.4 Å². The average Bonchev–Trinajstić information content (AvgIpc) is 3.64. The van der Waals surface area contributed by atoms with E-state index in [1.54, 1.807) is 12.3 Å². The van der Waals surface area contributed by atoms with E-state index in [9.17, 15) is 12.8 Å². The van der Waals surface area contributed by atoms with Crippen molar-refractivity contribution in [3.63, 3.8) is 0 Å². The minimum atomic E-state index is -3.18. The highest BCUT2D eigenvalue weighted by atomic mass is 32.2. The number of aromatic nitrogens is 6. The molecule has 0 radical (unpaired) electrons. The van der Waals surface area contributed by atoms with Crippen LogP contribution >= 0.6 is 0 Å². The number of nitrogens with one attached hydrogen (secondary N) is 2. The Balaban J connectivity index is 1.23. The molecule has 0 saturated carbocycles. The zero-order valence-corrected chi connectivity index (χ0v) is 25.2. The number of nitrogens with zero attached hydrogens (tertiary/aromatic N) is 5.